The Bertz CT molecular complexity index is 207. The first-order valence-electron chi connectivity index (χ1n) is 3.09. The molecular weight excluding hydrogens is 144 g/mol. The Morgan fingerprint density at radius 3 is 2.45 bits per heavy atom. The molecule has 11 heavy (non-hydrogen) atoms. The summed E-state index contributed by atoms with van der Waals surface area (Å²) in [6, 6.07) is 0. The first-order valence-corrected chi connectivity index (χ1v) is 3.09. The summed E-state index contributed by atoms with van der Waals surface area (Å²) >= 11 is 0. The molecule has 5 nitrogen and oxygen atoms in total. The van der Waals surface area contributed by atoms with Crippen molar-refractivity contribution in [2.45, 2.75) is 13.8 Å². The molecule has 0 unspecified atom stereocenters. The number of nitrogens with zero attached hydrogens (tertiary/aromatic N) is 1. The lowest BCUT2D eigenvalue weighted by atomic mass is 10.1. The third-order valence-electron chi connectivity index (χ3n) is 1.25. The number of carbonyl (C=O) groups is 1. The number of hydrogen-bond donors (Lipinski definition) is 3. The summed E-state index contributed by atoms with van der Waals surface area (Å²) in [6.07, 6.45) is 1.59. The summed E-state index contributed by atoms with van der Waals surface area (Å²) in [5, 5.41) is 3.36. The Morgan fingerprint density at radius 1 is 1.64 bits per heavy atom. The van der Waals surface area contributed by atoms with Crippen LogP contribution in [-0.4, -0.2) is 11.6 Å². The lowest BCUT2D eigenvalue weighted by Gasteiger charge is -2.02. The Morgan fingerprint density at radius 2 is 2.18 bits per heavy atom. The second kappa shape index (κ2) is 4.45. The SMILES string of the molecule is C/C=C(C(=O)NN)\C(C)=N\N. The molecule has 0 aromatic carbocycles. The van der Waals surface area contributed by atoms with Crippen molar-refractivity contribution in [2.75, 3.05) is 0 Å². The third kappa shape index (κ3) is 2.38. The predicted molar refractivity (Wildman–Crippen MR) is 43.4 cm³/mol. The molecule has 1 amide bonds. The molecule has 5 heteroatoms. The van der Waals surface area contributed by atoms with E-state index in [9.17, 15) is 4.79 Å². The van der Waals surface area contributed by atoms with E-state index in [-0.39, 0.29) is 5.91 Å². The van der Waals surface area contributed by atoms with Crippen LogP contribution in [0.15, 0.2) is 16.8 Å². The molecule has 5 N–H and O–H groups in total. The molecule has 0 fully saturated rings. The van der Waals surface area contributed by atoms with Gasteiger partial charge in [0.25, 0.3) is 5.91 Å². The second-order valence-electron chi connectivity index (χ2n) is 1.89. The number of carbonyl (C=O) groups excluding carboxylic acids is 1. The van der Waals surface area contributed by atoms with Gasteiger partial charge in [0.2, 0.25) is 0 Å². The minimum absolute atomic E-state index is 0.384. The van der Waals surface area contributed by atoms with Crippen molar-refractivity contribution in [3.63, 3.8) is 0 Å². The van der Waals surface area contributed by atoms with E-state index in [2.05, 4.69) is 5.10 Å². The van der Waals surface area contributed by atoms with E-state index in [0.29, 0.717) is 11.3 Å². The molecule has 0 heterocycles. The fourth-order valence-corrected chi connectivity index (χ4v) is 0.652. The highest BCUT2D eigenvalue weighted by atomic mass is 16.2. The highest BCUT2D eigenvalue weighted by Gasteiger charge is 2.08. The van der Waals surface area contributed by atoms with Gasteiger partial charge in [-0.2, -0.15) is 5.10 Å². The van der Waals surface area contributed by atoms with Crippen LogP contribution < -0.4 is 17.1 Å². The molecule has 0 saturated carbocycles. The van der Waals surface area contributed by atoms with Crippen LogP contribution in [0.2, 0.25) is 0 Å². The first kappa shape index (κ1) is 9.64. The van der Waals surface area contributed by atoms with Crippen molar-refractivity contribution >= 4 is 11.6 Å². The predicted octanol–water partition coefficient (Wildman–Crippen LogP) is -0.743. The van der Waals surface area contributed by atoms with Crippen molar-refractivity contribution in [3.05, 3.63) is 11.6 Å². The van der Waals surface area contributed by atoms with E-state index in [1.807, 2.05) is 5.43 Å². The van der Waals surface area contributed by atoms with Crippen LogP contribution in [0.1, 0.15) is 13.8 Å². The molecular formula is C6H12N4O. The van der Waals surface area contributed by atoms with Crippen LogP contribution in [0.5, 0.6) is 0 Å². The molecule has 0 aromatic heterocycles. The van der Waals surface area contributed by atoms with Crippen LogP contribution in [0.4, 0.5) is 0 Å². The van der Waals surface area contributed by atoms with Crippen molar-refractivity contribution in [3.8, 4) is 0 Å². The molecule has 62 valence electrons. The lowest BCUT2D eigenvalue weighted by Crippen LogP contribution is -2.33. The minimum Gasteiger partial charge on any atom is -0.323 e. The maximum Gasteiger partial charge on any atom is 0.266 e. The van der Waals surface area contributed by atoms with Gasteiger partial charge in [0, 0.05) is 0 Å². The average Bonchev–Trinajstić information content (AvgIpc) is 2.05. The monoisotopic (exact) mass is 156 g/mol. The zero-order valence-corrected chi connectivity index (χ0v) is 6.59. The van der Waals surface area contributed by atoms with Gasteiger partial charge >= 0.3 is 0 Å². The maximum atomic E-state index is 10.9. The van der Waals surface area contributed by atoms with Crippen LogP contribution in [0.3, 0.4) is 0 Å². The summed E-state index contributed by atoms with van der Waals surface area (Å²) in [5.74, 6) is 9.48. The fraction of sp³-hybridized carbons (Fsp3) is 0.333. The van der Waals surface area contributed by atoms with E-state index in [4.69, 9.17) is 11.7 Å². The van der Waals surface area contributed by atoms with E-state index in [0.717, 1.165) is 0 Å². The van der Waals surface area contributed by atoms with Gasteiger partial charge < -0.3 is 5.84 Å². The van der Waals surface area contributed by atoms with Gasteiger partial charge in [-0.1, -0.05) is 6.08 Å². The zero-order valence-electron chi connectivity index (χ0n) is 6.59. The van der Waals surface area contributed by atoms with Gasteiger partial charge in [0.1, 0.15) is 0 Å². The van der Waals surface area contributed by atoms with Crippen LogP contribution in [-0.2, 0) is 4.79 Å². The molecule has 0 aliphatic heterocycles. The van der Waals surface area contributed by atoms with Crippen LogP contribution >= 0.6 is 0 Å². The minimum atomic E-state index is -0.390. The van der Waals surface area contributed by atoms with Gasteiger partial charge in [0.05, 0.1) is 11.3 Å². The van der Waals surface area contributed by atoms with Crippen molar-refractivity contribution in [1.82, 2.24) is 5.43 Å². The summed E-state index contributed by atoms with van der Waals surface area (Å²) < 4.78 is 0. The number of nitrogens with one attached hydrogen (secondary N) is 1. The largest absolute Gasteiger partial charge is 0.323 e. The number of amides is 1. The molecule has 0 rings (SSSR count). The number of nitrogens with two attached hydrogens (primary N) is 2. The summed E-state index contributed by atoms with van der Waals surface area (Å²) in [5.41, 5.74) is 2.83. The summed E-state index contributed by atoms with van der Waals surface area (Å²) in [7, 11) is 0. The number of hydrazine groups is 1. The Balaban J connectivity index is 4.57. The molecule has 0 aliphatic carbocycles. The maximum absolute atomic E-state index is 10.9. The van der Waals surface area contributed by atoms with E-state index in [1.165, 1.54) is 0 Å². The molecule has 0 aromatic rings. The van der Waals surface area contributed by atoms with E-state index < -0.39 is 0 Å². The number of rotatable bonds is 2. The molecule has 0 atom stereocenters. The molecule has 0 bridgehead atoms. The van der Waals surface area contributed by atoms with Gasteiger partial charge in [0.15, 0.2) is 0 Å². The molecule has 0 radical (unpaired) electrons. The molecule has 0 saturated heterocycles. The average molecular weight is 156 g/mol. The lowest BCUT2D eigenvalue weighted by molar-refractivity contribution is -0.117. The van der Waals surface area contributed by atoms with Crippen molar-refractivity contribution < 1.29 is 4.79 Å². The third-order valence-corrected chi connectivity index (χ3v) is 1.25. The van der Waals surface area contributed by atoms with Crippen LogP contribution in [0, 0.1) is 0 Å². The summed E-state index contributed by atoms with van der Waals surface area (Å²) in [6.45, 7) is 3.34. The smallest absolute Gasteiger partial charge is 0.266 e. The quantitative estimate of drug-likeness (QED) is 0.161. The van der Waals surface area contributed by atoms with Gasteiger partial charge in [-0.3, -0.25) is 10.2 Å². The Labute approximate surface area is 65.1 Å². The van der Waals surface area contributed by atoms with Gasteiger partial charge in [-0.05, 0) is 13.8 Å². The zero-order chi connectivity index (χ0) is 8.85. The Hall–Kier alpha value is -1.36. The van der Waals surface area contributed by atoms with Crippen molar-refractivity contribution in [2.24, 2.45) is 16.8 Å². The number of hydrogen-bond acceptors (Lipinski definition) is 4. The summed E-state index contributed by atoms with van der Waals surface area (Å²) in [4.78, 5) is 10.9. The topological polar surface area (TPSA) is 93.5 Å². The van der Waals surface area contributed by atoms with Crippen molar-refractivity contribution in [1.29, 1.82) is 0 Å². The highest BCUT2D eigenvalue weighted by Crippen LogP contribution is 1.96. The number of allylic oxidation sites excluding steroid dienone is 1. The first-order chi connectivity index (χ1) is 5.17. The van der Waals surface area contributed by atoms with Gasteiger partial charge in [-0.15, -0.1) is 0 Å². The standard InChI is InChI=1S/C6H12N4O/c1-3-5(4(2)9-7)6(11)10-8/h3H,7-8H2,1-2H3,(H,10,11)/b5-3+,9-4+. The molecule has 0 spiro atoms. The van der Waals surface area contributed by atoms with E-state index in [1.54, 1.807) is 19.9 Å². The normalized spacial score (nSPS) is 13.0. The van der Waals surface area contributed by atoms with Gasteiger partial charge in [-0.25, -0.2) is 5.84 Å². The van der Waals surface area contributed by atoms with E-state index >= 15 is 0 Å². The highest BCUT2D eigenvalue weighted by molar-refractivity contribution is 6.20. The fourth-order valence-electron chi connectivity index (χ4n) is 0.652. The molecule has 0 aliphatic rings. The van der Waals surface area contributed by atoms with Crippen LogP contribution in [0.25, 0.3) is 0 Å². The number of hydrazone groups is 1. The Kier molecular flexibility index (Phi) is 3.90. The second-order valence-corrected chi connectivity index (χ2v) is 1.89.